The molecule has 7 nitrogen and oxygen atoms in total. The third-order valence-electron chi connectivity index (χ3n) is 7.05. The average Bonchev–Trinajstić information content (AvgIpc) is 3.38. The number of rotatable bonds is 5. The van der Waals surface area contributed by atoms with Crippen LogP contribution in [0.15, 0.2) is 65.6 Å². The second-order valence-electron chi connectivity index (χ2n) is 9.55. The Morgan fingerprint density at radius 2 is 1.84 bits per heavy atom. The molecule has 0 unspecified atom stereocenters. The van der Waals surface area contributed by atoms with Gasteiger partial charge in [-0.25, -0.2) is 14.4 Å². The van der Waals surface area contributed by atoms with Gasteiger partial charge in [-0.15, -0.1) is 0 Å². The molecule has 0 amide bonds. The molecule has 38 heavy (non-hydrogen) atoms. The summed E-state index contributed by atoms with van der Waals surface area (Å²) in [5.41, 5.74) is 2.51. The quantitative estimate of drug-likeness (QED) is 0.334. The minimum atomic E-state index is -0.507. The summed E-state index contributed by atoms with van der Waals surface area (Å²) in [4.78, 5) is 24.6. The first-order valence-electron chi connectivity index (χ1n) is 12.6. The van der Waals surface area contributed by atoms with Crippen molar-refractivity contribution in [1.29, 1.82) is 0 Å². The molecule has 2 aromatic carbocycles. The molecule has 194 valence electrons. The standard InChI is InChI=1S/C29H26ClFN4O3/c30-27-25(5-2-12-32-27)35-26(33-24-8-7-22(31)18-23(24)28(35)36)9-6-20-3-1-4-21(17-20)19-34-13-10-29(11-14-34)37-15-16-38-29/h1-9,12,17-18H,10-11,13-16,19H2/b9-6+. The summed E-state index contributed by atoms with van der Waals surface area (Å²) in [6.07, 6.45) is 6.97. The number of fused-ring (bicyclic) bond motifs is 1. The van der Waals surface area contributed by atoms with Gasteiger partial charge in [0.2, 0.25) is 0 Å². The van der Waals surface area contributed by atoms with Gasteiger partial charge in [-0.2, -0.15) is 0 Å². The molecule has 0 aliphatic carbocycles. The van der Waals surface area contributed by atoms with Gasteiger partial charge in [0.25, 0.3) is 5.56 Å². The van der Waals surface area contributed by atoms with Crippen LogP contribution in [0.3, 0.4) is 0 Å². The Morgan fingerprint density at radius 3 is 2.63 bits per heavy atom. The van der Waals surface area contributed by atoms with E-state index in [1.807, 2.05) is 18.2 Å². The van der Waals surface area contributed by atoms with Gasteiger partial charge in [-0.1, -0.05) is 41.9 Å². The van der Waals surface area contributed by atoms with Crippen molar-refractivity contribution in [2.45, 2.75) is 25.2 Å². The van der Waals surface area contributed by atoms with Gasteiger partial charge in [-0.05, 0) is 47.5 Å². The van der Waals surface area contributed by atoms with Crippen LogP contribution in [-0.4, -0.2) is 51.5 Å². The van der Waals surface area contributed by atoms with Crippen LogP contribution >= 0.6 is 11.6 Å². The molecule has 0 bridgehead atoms. The number of pyridine rings is 1. The highest BCUT2D eigenvalue weighted by atomic mass is 35.5. The van der Waals surface area contributed by atoms with Crippen LogP contribution in [-0.2, 0) is 16.0 Å². The molecule has 2 fully saturated rings. The molecule has 6 rings (SSSR count). The summed E-state index contributed by atoms with van der Waals surface area (Å²) in [5, 5.41) is 0.321. The van der Waals surface area contributed by atoms with Crippen molar-refractivity contribution in [2.24, 2.45) is 0 Å². The first-order chi connectivity index (χ1) is 18.5. The first kappa shape index (κ1) is 24.9. The largest absolute Gasteiger partial charge is 0.347 e. The van der Waals surface area contributed by atoms with Crippen molar-refractivity contribution in [3.05, 3.63) is 99.1 Å². The van der Waals surface area contributed by atoms with Gasteiger partial charge in [0.1, 0.15) is 11.6 Å². The zero-order valence-corrected chi connectivity index (χ0v) is 21.4. The number of ether oxygens (including phenoxy) is 2. The van der Waals surface area contributed by atoms with E-state index < -0.39 is 11.4 Å². The van der Waals surface area contributed by atoms with E-state index in [0.717, 1.165) is 38.0 Å². The summed E-state index contributed by atoms with van der Waals surface area (Å²) in [7, 11) is 0. The molecule has 4 aromatic rings. The second kappa shape index (κ2) is 10.4. The Hall–Kier alpha value is -3.43. The minimum Gasteiger partial charge on any atom is -0.347 e. The molecule has 0 N–H and O–H groups in total. The highest BCUT2D eigenvalue weighted by molar-refractivity contribution is 6.31. The fourth-order valence-electron chi connectivity index (χ4n) is 5.13. The molecule has 0 atom stereocenters. The average molecular weight is 533 g/mol. The Kier molecular flexibility index (Phi) is 6.80. The SMILES string of the molecule is O=c1c2cc(F)ccc2nc(/C=C/c2cccc(CN3CCC4(CC3)OCCO4)c2)n1-c1cccnc1Cl. The second-order valence-corrected chi connectivity index (χ2v) is 9.91. The monoisotopic (exact) mass is 532 g/mol. The smallest absolute Gasteiger partial charge is 0.266 e. The van der Waals surface area contributed by atoms with Crippen molar-refractivity contribution in [3.63, 3.8) is 0 Å². The summed E-state index contributed by atoms with van der Waals surface area (Å²) in [6.45, 7) is 4.02. The summed E-state index contributed by atoms with van der Waals surface area (Å²) < 4.78 is 27.0. The lowest BCUT2D eigenvalue weighted by molar-refractivity contribution is -0.185. The summed E-state index contributed by atoms with van der Waals surface area (Å²) in [5.74, 6) is -0.521. The van der Waals surface area contributed by atoms with Crippen molar-refractivity contribution in [3.8, 4) is 5.69 Å². The van der Waals surface area contributed by atoms with Gasteiger partial charge < -0.3 is 9.47 Å². The fraction of sp³-hybridized carbons (Fsp3) is 0.276. The zero-order valence-electron chi connectivity index (χ0n) is 20.6. The predicted molar refractivity (Wildman–Crippen MR) is 145 cm³/mol. The van der Waals surface area contributed by atoms with E-state index in [1.54, 1.807) is 24.4 Å². The third-order valence-corrected chi connectivity index (χ3v) is 7.34. The van der Waals surface area contributed by atoms with Crippen LogP contribution in [0.25, 0.3) is 28.7 Å². The lowest BCUT2D eigenvalue weighted by atomic mass is 10.0. The molecule has 4 heterocycles. The molecular formula is C29H26ClFN4O3. The highest BCUT2D eigenvalue weighted by Crippen LogP contribution is 2.31. The van der Waals surface area contributed by atoms with Crippen LogP contribution < -0.4 is 5.56 Å². The summed E-state index contributed by atoms with van der Waals surface area (Å²) in [6, 6.07) is 15.6. The molecule has 2 saturated heterocycles. The number of piperidine rings is 1. The Bertz CT molecular complexity index is 1570. The van der Waals surface area contributed by atoms with Crippen LogP contribution in [0.1, 0.15) is 29.8 Å². The van der Waals surface area contributed by atoms with Crippen molar-refractivity contribution in [2.75, 3.05) is 26.3 Å². The van der Waals surface area contributed by atoms with Crippen molar-refractivity contribution >= 4 is 34.7 Å². The number of hydrogen-bond acceptors (Lipinski definition) is 6. The number of likely N-dealkylation sites (tertiary alicyclic amines) is 1. The van der Waals surface area contributed by atoms with E-state index in [1.165, 1.54) is 28.3 Å². The van der Waals surface area contributed by atoms with Gasteiger partial charge in [0, 0.05) is 38.7 Å². The van der Waals surface area contributed by atoms with E-state index in [2.05, 4.69) is 27.0 Å². The normalized spacial score (nSPS) is 17.6. The predicted octanol–water partition coefficient (Wildman–Crippen LogP) is 5.08. The van der Waals surface area contributed by atoms with Gasteiger partial charge in [0.15, 0.2) is 10.9 Å². The molecule has 1 spiro atoms. The molecule has 0 radical (unpaired) electrons. The Balaban J connectivity index is 1.29. The number of aromatic nitrogens is 3. The van der Waals surface area contributed by atoms with Crippen LogP contribution in [0.4, 0.5) is 4.39 Å². The van der Waals surface area contributed by atoms with Crippen LogP contribution in [0.5, 0.6) is 0 Å². The third kappa shape index (κ3) is 5.00. The van der Waals surface area contributed by atoms with Gasteiger partial charge in [-0.3, -0.25) is 14.3 Å². The fourth-order valence-corrected chi connectivity index (χ4v) is 5.33. The van der Waals surface area contributed by atoms with E-state index in [-0.39, 0.29) is 16.3 Å². The molecular weight excluding hydrogens is 507 g/mol. The van der Waals surface area contributed by atoms with E-state index in [4.69, 9.17) is 21.1 Å². The lowest BCUT2D eigenvalue weighted by Crippen LogP contribution is -2.44. The topological polar surface area (TPSA) is 69.5 Å². The van der Waals surface area contributed by atoms with Gasteiger partial charge in [0.05, 0.1) is 29.8 Å². The van der Waals surface area contributed by atoms with Gasteiger partial charge >= 0.3 is 0 Å². The maximum absolute atomic E-state index is 13.9. The maximum atomic E-state index is 13.9. The van der Waals surface area contributed by atoms with Crippen LogP contribution in [0.2, 0.25) is 5.15 Å². The van der Waals surface area contributed by atoms with Crippen LogP contribution in [0, 0.1) is 5.82 Å². The molecule has 2 aliphatic heterocycles. The highest BCUT2D eigenvalue weighted by Gasteiger charge is 2.39. The van der Waals surface area contributed by atoms with E-state index in [0.29, 0.717) is 30.2 Å². The zero-order chi connectivity index (χ0) is 26.1. The number of nitrogens with zero attached hydrogens (tertiary/aromatic N) is 4. The number of halogens is 2. The minimum absolute atomic E-state index is 0.153. The number of hydrogen-bond donors (Lipinski definition) is 0. The molecule has 2 aliphatic rings. The first-order valence-corrected chi connectivity index (χ1v) is 13.0. The number of benzene rings is 2. The summed E-state index contributed by atoms with van der Waals surface area (Å²) >= 11 is 6.34. The molecule has 9 heteroatoms. The van der Waals surface area contributed by atoms with E-state index >= 15 is 0 Å². The van der Waals surface area contributed by atoms with E-state index in [9.17, 15) is 9.18 Å². The Morgan fingerprint density at radius 1 is 1.03 bits per heavy atom. The molecule has 2 aromatic heterocycles. The lowest BCUT2D eigenvalue weighted by Gasteiger charge is -2.37. The maximum Gasteiger partial charge on any atom is 0.266 e. The molecule has 0 saturated carbocycles. The van der Waals surface area contributed by atoms with Crippen molar-refractivity contribution < 1.29 is 13.9 Å². The van der Waals surface area contributed by atoms with Crippen molar-refractivity contribution in [1.82, 2.24) is 19.4 Å². The Labute approximate surface area is 224 Å².